The summed E-state index contributed by atoms with van der Waals surface area (Å²) in [5.41, 5.74) is 3.30. The van der Waals surface area contributed by atoms with Crippen molar-refractivity contribution in [1.82, 2.24) is 15.0 Å². The minimum Gasteiger partial charge on any atom is -0.369 e. The monoisotopic (exact) mass is 319 g/mol. The fourth-order valence-corrected chi connectivity index (χ4v) is 3.95. The zero-order valence-corrected chi connectivity index (χ0v) is 13.9. The Bertz CT molecular complexity index is 913. The molecule has 1 aliphatic rings. The molecule has 24 heavy (non-hydrogen) atoms. The van der Waals surface area contributed by atoms with E-state index in [4.69, 9.17) is 0 Å². The molecular formula is C19H21N5. The lowest BCUT2D eigenvalue weighted by molar-refractivity contribution is 0.378. The molecule has 1 fully saturated rings. The first-order valence-corrected chi connectivity index (χ1v) is 8.72. The second kappa shape index (κ2) is 6.12. The Morgan fingerprint density at radius 2 is 2.17 bits per heavy atom. The first kappa shape index (κ1) is 14.9. The molecule has 3 aromatic heterocycles. The van der Waals surface area contributed by atoms with Gasteiger partial charge in [0.05, 0.1) is 17.4 Å². The summed E-state index contributed by atoms with van der Waals surface area (Å²) >= 11 is 0. The molecule has 0 aliphatic carbocycles. The van der Waals surface area contributed by atoms with Crippen LogP contribution in [0.4, 0.5) is 5.69 Å². The SMILES string of the molecule is CCCC1CCN(c2c(C#N)ncc3[nH]c4ncccc4c23)CC1. The molecule has 0 amide bonds. The lowest BCUT2D eigenvalue weighted by atomic mass is 9.92. The van der Waals surface area contributed by atoms with E-state index >= 15 is 0 Å². The summed E-state index contributed by atoms with van der Waals surface area (Å²) in [5.74, 6) is 0.814. The first-order valence-electron chi connectivity index (χ1n) is 8.72. The molecule has 3 aromatic rings. The van der Waals surface area contributed by atoms with Crippen molar-refractivity contribution in [2.24, 2.45) is 5.92 Å². The molecule has 1 N–H and O–H groups in total. The standard InChI is InChI=1S/C19H21N5/c1-2-4-13-6-9-24(10-7-13)18-15(11-20)22-12-16-17(18)14-5-3-8-21-19(14)23-16/h3,5,8,12-13H,2,4,6-7,9-10H2,1H3,(H,21,23). The van der Waals surface area contributed by atoms with Crippen molar-refractivity contribution < 1.29 is 0 Å². The van der Waals surface area contributed by atoms with Crippen LogP contribution in [0.3, 0.4) is 0 Å². The first-order chi connectivity index (χ1) is 11.8. The third kappa shape index (κ3) is 2.39. The number of rotatable bonds is 3. The third-order valence-electron chi connectivity index (χ3n) is 5.12. The van der Waals surface area contributed by atoms with E-state index < -0.39 is 0 Å². The van der Waals surface area contributed by atoms with Gasteiger partial charge in [-0.3, -0.25) is 0 Å². The second-order valence-corrected chi connectivity index (χ2v) is 6.60. The topological polar surface area (TPSA) is 68.6 Å². The molecule has 0 atom stereocenters. The number of nitriles is 1. The predicted molar refractivity (Wildman–Crippen MR) is 96.0 cm³/mol. The summed E-state index contributed by atoms with van der Waals surface area (Å²) in [6.45, 7) is 4.24. The van der Waals surface area contributed by atoms with Crippen LogP contribution in [0.1, 0.15) is 38.3 Å². The maximum atomic E-state index is 9.59. The average Bonchev–Trinajstić information content (AvgIpc) is 3.00. The maximum Gasteiger partial charge on any atom is 0.164 e. The van der Waals surface area contributed by atoms with E-state index in [0.29, 0.717) is 5.69 Å². The van der Waals surface area contributed by atoms with Gasteiger partial charge in [0.2, 0.25) is 0 Å². The van der Waals surface area contributed by atoms with Crippen LogP contribution in [-0.4, -0.2) is 28.0 Å². The van der Waals surface area contributed by atoms with Crippen LogP contribution in [0.2, 0.25) is 0 Å². The van der Waals surface area contributed by atoms with Crippen molar-refractivity contribution in [2.45, 2.75) is 32.6 Å². The van der Waals surface area contributed by atoms with E-state index in [2.05, 4.69) is 38.9 Å². The molecule has 0 unspecified atom stereocenters. The van der Waals surface area contributed by atoms with Gasteiger partial charge in [-0.25, -0.2) is 9.97 Å². The second-order valence-electron chi connectivity index (χ2n) is 6.60. The number of pyridine rings is 2. The smallest absolute Gasteiger partial charge is 0.164 e. The summed E-state index contributed by atoms with van der Waals surface area (Å²) in [6.07, 6.45) is 8.47. The predicted octanol–water partition coefficient (Wildman–Crippen LogP) is 4.00. The van der Waals surface area contributed by atoms with Gasteiger partial charge in [-0.05, 0) is 30.9 Å². The number of anilines is 1. The summed E-state index contributed by atoms with van der Waals surface area (Å²) in [4.78, 5) is 14.5. The molecule has 0 saturated carbocycles. The van der Waals surface area contributed by atoms with Crippen LogP contribution >= 0.6 is 0 Å². The fourth-order valence-electron chi connectivity index (χ4n) is 3.95. The molecule has 5 nitrogen and oxygen atoms in total. The van der Waals surface area contributed by atoms with Crippen LogP contribution in [0.15, 0.2) is 24.5 Å². The molecule has 122 valence electrons. The number of aromatic nitrogens is 3. The molecule has 4 heterocycles. The number of hydrogen-bond acceptors (Lipinski definition) is 4. The summed E-state index contributed by atoms with van der Waals surface area (Å²) in [7, 11) is 0. The van der Waals surface area contributed by atoms with Crippen molar-refractivity contribution in [3.63, 3.8) is 0 Å². The molecule has 0 spiro atoms. The van der Waals surface area contributed by atoms with Crippen molar-refractivity contribution >= 4 is 27.6 Å². The number of fused-ring (bicyclic) bond motifs is 3. The molecule has 0 radical (unpaired) electrons. The molecule has 1 aliphatic heterocycles. The number of hydrogen-bond donors (Lipinski definition) is 1. The van der Waals surface area contributed by atoms with Gasteiger partial charge in [-0.15, -0.1) is 0 Å². The van der Waals surface area contributed by atoms with Gasteiger partial charge >= 0.3 is 0 Å². The van der Waals surface area contributed by atoms with Gasteiger partial charge in [0, 0.05) is 30.1 Å². The average molecular weight is 319 g/mol. The van der Waals surface area contributed by atoms with Crippen LogP contribution < -0.4 is 4.90 Å². The molecule has 5 heteroatoms. The highest BCUT2D eigenvalue weighted by molar-refractivity contribution is 6.13. The van der Waals surface area contributed by atoms with Crippen molar-refractivity contribution in [3.05, 3.63) is 30.2 Å². The minimum absolute atomic E-state index is 0.515. The van der Waals surface area contributed by atoms with Crippen LogP contribution in [0, 0.1) is 17.2 Å². The quantitative estimate of drug-likeness (QED) is 0.792. The number of H-pyrrole nitrogens is 1. The zero-order chi connectivity index (χ0) is 16.5. The van der Waals surface area contributed by atoms with Gasteiger partial charge < -0.3 is 9.88 Å². The fraction of sp³-hybridized carbons (Fsp3) is 0.421. The number of aromatic amines is 1. The van der Waals surface area contributed by atoms with Crippen molar-refractivity contribution in [2.75, 3.05) is 18.0 Å². The molecule has 0 bridgehead atoms. The van der Waals surface area contributed by atoms with Gasteiger partial charge in [-0.1, -0.05) is 19.8 Å². The maximum absolute atomic E-state index is 9.59. The Morgan fingerprint density at radius 3 is 2.92 bits per heavy atom. The van der Waals surface area contributed by atoms with E-state index in [1.807, 2.05) is 6.07 Å². The van der Waals surface area contributed by atoms with E-state index in [1.165, 1.54) is 25.7 Å². The summed E-state index contributed by atoms with van der Waals surface area (Å²) in [5, 5.41) is 11.7. The number of piperidine rings is 1. The highest BCUT2D eigenvalue weighted by Gasteiger charge is 2.24. The van der Waals surface area contributed by atoms with Gasteiger partial charge in [-0.2, -0.15) is 5.26 Å². The lowest BCUT2D eigenvalue weighted by Crippen LogP contribution is -2.34. The van der Waals surface area contributed by atoms with Crippen molar-refractivity contribution in [3.8, 4) is 6.07 Å². The third-order valence-corrected chi connectivity index (χ3v) is 5.12. The Kier molecular flexibility index (Phi) is 3.81. The normalized spacial score (nSPS) is 15.9. The Morgan fingerprint density at radius 1 is 1.33 bits per heavy atom. The van der Waals surface area contributed by atoms with Gasteiger partial charge in [0.15, 0.2) is 5.69 Å². The van der Waals surface area contributed by atoms with E-state index in [0.717, 1.165) is 46.6 Å². The van der Waals surface area contributed by atoms with E-state index in [9.17, 15) is 5.26 Å². The zero-order valence-electron chi connectivity index (χ0n) is 13.9. The molecule has 0 aromatic carbocycles. The van der Waals surface area contributed by atoms with Crippen LogP contribution in [0.25, 0.3) is 21.9 Å². The van der Waals surface area contributed by atoms with E-state index in [-0.39, 0.29) is 0 Å². The van der Waals surface area contributed by atoms with Crippen molar-refractivity contribution in [1.29, 1.82) is 5.26 Å². The Labute approximate surface area is 141 Å². The molecule has 1 saturated heterocycles. The Hall–Kier alpha value is -2.61. The number of nitrogens with one attached hydrogen (secondary N) is 1. The lowest BCUT2D eigenvalue weighted by Gasteiger charge is -2.34. The Balaban J connectivity index is 1.83. The van der Waals surface area contributed by atoms with Crippen LogP contribution in [-0.2, 0) is 0 Å². The summed E-state index contributed by atoms with van der Waals surface area (Å²) < 4.78 is 0. The highest BCUT2D eigenvalue weighted by atomic mass is 15.1. The highest BCUT2D eigenvalue weighted by Crippen LogP contribution is 2.36. The largest absolute Gasteiger partial charge is 0.369 e. The van der Waals surface area contributed by atoms with Gasteiger partial charge in [0.1, 0.15) is 11.7 Å². The summed E-state index contributed by atoms with van der Waals surface area (Å²) in [6, 6.07) is 6.30. The van der Waals surface area contributed by atoms with Gasteiger partial charge in [0.25, 0.3) is 0 Å². The van der Waals surface area contributed by atoms with Crippen LogP contribution in [0.5, 0.6) is 0 Å². The molecule has 4 rings (SSSR count). The minimum atomic E-state index is 0.515. The number of nitrogens with zero attached hydrogens (tertiary/aromatic N) is 4. The molecular weight excluding hydrogens is 298 g/mol. The van der Waals surface area contributed by atoms with E-state index in [1.54, 1.807) is 12.4 Å².